The van der Waals surface area contributed by atoms with Gasteiger partial charge in [0.15, 0.2) is 23.1 Å². The Morgan fingerprint density at radius 1 is 0.452 bits per heavy atom. The Balaban J connectivity index is 1.20. The van der Waals surface area contributed by atoms with Crippen molar-refractivity contribution in [3.8, 4) is 0 Å². The van der Waals surface area contributed by atoms with E-state index in [1.54, 1.807) is 0 Å². The largest absolute Gasteiger partial charge is 0.339 e. The molecule has 8 aliphatic rings. The molecule has 176 valence electrons. The molecule has 8 bridgehead atoms. The molecule has 0 unspecified atom stereocenters. The number of rotatable bonds is 4. The number of hydrogen-bond acceptors (Lipinski definition) is 6. The van der Waals surface area contributed by atoms with Crippen LogP contribution in [-0.4, -0.2) is 56.8 Å². The molecule has 8 heterocycles. The van der Waals surface area contributed by atoms with Crippen LogP contribution in [0.5, 0.6) is 0 Å². The summed E-state index contributed by atoms with van der Waals surface area (Å²) in [7, 11) is -0.898. The third-order valence-electron chi connectivity index (χ3n) is 8.25. The van der Waals surface area contributed by atoms with Crippen molar-refractivity contribution in [2.24, 2.45) is 0 Å². The maximum absolute atomic E-state index is 6.61. The van der Waals surface area contributed by atoms with E-state index in [1.165, 1.54) is 0 Å². The van der Waals surface area contributed by atoms with E-state index in [0.717, 1.165) is 44.4 Å². The van der Waals surface area contributed by atoms with E-state index in [0.29, 0.717) is 0 Å². The van der Waals surface area contributed by atoms with Crippen LogP contribution in [0.2, 0.25) is 0 Å². The zero-order valence-electron chi connectivity index (χ0n) is 20.3. The van der Waals surface area contributed by atoms with Crippen molar-refractivity contribution in [3.63, 3.8) is 0 Å². The first-order chi connectivity index (χ1) is 14.0. The van der Waals surface area contributed by atoms with Crippen LogP contribution in [0.1, 0.15) is 87.5 Å². The molecule has 0 saturated carbocycles. The summed E-state index contributed by atoms with van der Waals surface area (Å²) in [4.78, 5) is 0. The van der Waals surface area contributed by atoms with Gasteiger partial charge in [0.1, 0.15) is 0 Å². The van der Waals surface area contributed by atoms with Crippen LogP contribution in [0, 0.1) is 0 Å². The minimum atomic E-state index is -0.521. The quantitative estimate of drug-likeness (QED) is 0.481. The Bertz CT molecular complexity index is 679. The summed E-state index contributed by atoms with van der Waals surface area (Å²) < 4.78 is 38.9. The lowest BCUT2D eigenvalue weighted by molar-refractivity contribution is -0.469. The number of ether oxygens (including phenoxy) is 6. The second-order valence-corrected chi connectivity index (χ2v) is 18.6. The Labute approximate surface area is 188 Å². The molecule has 0 aliphatic carbocycles. The molecule has 8 aliphatic heterocycles. The summed E-state index contributed by atoms with van der Waals surface area (Å²) in [5, 5.41) is -0.574. The van der Waals surface area contributed by atoms with Crippen LogP contribution in [0.4, 0.5) is 0 Å². The Morgan fingerprint density at radius 2 is 0.710 bits per heavy atom. The predicted molar refractivity (Wildman–Crippen MR) is 120 cm³/mol. The lowest BCUT2D eigenvalue weighted by Gasteiger charge is -2.70. The normalized spacial score (nSPS) is 66.2. The fourth-order valence-corrected chi connectivity index (χ4v) is 16.8. The van der Waals surface area contributed by atoms with Crippen LogP contribution in [0.3, 0.4) is 0 Å². The summed E-state index contributed by atoms with van der Waals surface area (Å²) in [6.45, 7) is 17.6. The van der Waals surface area contributed by atoms with Gasteiger partial charge in [0, 0.05) is 25.7 Å². The fraction of sp³-hybridized carbons (Fsp3) is 1.00. The van der Waals surface area contributed by atoms with Crippen LogP contribution in [0.25, 0.3) is 0 Å². The first kappa shape index (κ1) is 22.1. The van der Waals surface area contributed by atoms with E-state index >= 15 is 0 Å². The van der Waals surface area contributed by atoms with Gasteiger partial charge in [-0.05, 0) is 90.0 Å². The van der Waals surface area contributed by atoms with E-state index in [2.05, 4.69) is 55.4 Å². The van der Waals surface area contributed by atoms with Crippen LogP contribution in [-0.2, 0) is 28.4 Å². The van der Waals surface area contributed by atoms with Crippen molar-refractivity contribution < 1.29 is 28.4 Å². The second kappa shape index (κ2) is 5.88. The van der Waals surface area contributed by atoms with Gasteiger partial charge in [0.05, 0.1) is 21.4 Å². The lowest BCUT2D eigenvalue weighted by atomic mass is 9.98. The van der Waals surface area contributed by atoms with Crippen molar-refractivity contribution in [2.75, 3.05) is 12.3 Å². The van der Waals surface area contributed by atoms with E-state index in [1.807, 2.05) is 0 Å². The highest BCUT2D eigenvalue weighted by Gasteiger charge is 2.72. The van der Waals surface area contributed by atoms with Gasteiger partial charge >= 0.3 is 0 Å². The summed E-state index contributed by atoms with van der Waals surface area (Å²) in [5.74, 6) is -2.08. The molecule has 8 saturated heterocycles. The SMILES string of the molecule is C[C@@]12C[C@]3(C)O[C@@](C)(C[C@](C)(O1)P3CCCP1[C@]3(C)C[C@@]4(C)O[C@](C)(C[C@]1(C)O4)O3)O2. The van der Waals surface area contributed by atoms with E-state index in [4.69, 9.17) is 28.4 Å². The van der Waals surface area contributed by atoms with E-state index in [9.17, 15) is 0 Å². The molecule has 0 spiro atoms. The molecule has 0 radical (unpaired) electrons. The smallest absolute Gasteiger partial charge is 0.173 e. The summed E-state index contributed by atoms with van der Waals surface area (Å²) in [6, 6.07) is 0. The summed E-state index contributed by atoms with van der Waals surface area (Å²) >= 11 is 0. The van der Waals surface area contributed by atoms with Crippen molar-refractivity contribution in [3.05, 3.63) is 0 Å². The lowest BCUT2D eigenvalue weighted by Crippen LogP contribution is -2.72. The molecule has 6 nitrogen and oxygen atoms in total. The molecule has 0 aromatic carbocycles. The third kappa shape index (κ3) is 3.05. The van der Waals surface area contributed by atoms with Gasteiger partial charge in [-0.15, -0.1) is 0 Å². The molecule has 8 fully saturated rings. The van der Waals surface area contributed by atoms with Crippen molar-refractivity contribution >= 4 is 15.8 Å². The first-order valence-corrected chi connectivity index (χ1v) is 14.9. The molecule has 8 atom stereocenters. The molecule has 0 aromatic heterocycles. The van der Waals surface area contributed by atoms with Gasteiger partial charge in [-0.2, -0.15) is 0 Å². The van der Waals surface area contributed by atoms with Crippen LogP contribution < -0.4 is 0 Å². The monoisotopic (exact) mass is 472 g/mol. The Kier molecular flexibility index (Phi) is 4.19. The van der Waals surface area contributed by atoms with Gasteiger partial charge in [-0.25, -0.2) is 0 Å². The van der Waals surface area contributed by atoms with Crippen molar-refractivity contribution in [2.45, 2.75) is 132 Å². The highest BCUT2D eigenvalue weighted by atomic mass is 31.1. The second-order valence-electron chi connectivity index (χ2n) is 12.2. The minimum absolute atomic E-state index is 0.144. The molecule has 31 heavy (non-hydrogen) atoms. The minimum Gasteiger partial charge on any atom is -0.339 e. The highest BCUT2D eigenvalue weighted by Crippen LogP contribution is 2.79. The van der Waals surface area contributed by atoms with E-state index in [-0.39, 0.29) is 21.4 Å². The highest BCUT2D eigenvalue weighted by molar-refractivity contribution is 7.61. The number of hydrogen-bond donors (Lipinski definition) is 0. The first-order valence-electron chi connectivity index (χ1n) is 11.8. The van der Waals surface area contributed by atoms with Gasteiger partial charge < -0.3 is 28.4 Å². The van der Waals surface area contributed by atoms with E-state index < -0.39 is 39.0 Å². The van der Waals surface area contributed by atoms with Gasteiger partial charge in [-0.1, -0.05) is 0 Å². The average molecular weight is 472 g/mol. The maximum Gasteiger partial charge on any atom is 0.173 e. The summed E-state index contributed by atoms with van der Waals surface area (Å²) in [6.07, 6.45) is 6.76. The molecule has 8 heteroatoms. The predicted octanol–water partition coefficient (Wildman–Crippen LogP) is 5.81. The van der Waals surface area contributed by atoms with Crippen LogP contribution >= 0.6 is 15.8 Å². The maximum atomic E-state index is 6.61. The molecular weight excluding hydrogens is 434 g/mol. The van der Waals surface area contributed by atoms with Crippen LogP contribution in [0.15, 0.2) is 0 Å². The average Bonchev–Trinajstić information content (AvgIpc) is 2.43. The van der Waals surface area contributed by atoms with Gasteiger partial charge in [0.25, 0.3) is 0 Å². The standard InChI is InChI=1S/C23H38O6P2/c1-16-12-20(5)27-17(2,24-16)13-21(6,26-16)30(20)10-9-11-31-22(7)14-18(3)25-19(4,29-22)15-23(31,8)28-18/h9-15H2,1-8H3/t16-,17-,18-,19-,20+,21+,22+,23+/m0/s1. The summed E-state index contributed by atoms with van der Waals surface area (Å²) in [5.41, 5.74) is 0. The van der Waals surface area contributed by atoms with Crippen molar-refractivity contribution in [1.29, 1.82) is 0 Å². The van der Waals surface area contributed by atoms with Gasteiger partial charge in [0.2, 0.25) is 0 Å². The van der Waals surface area contributed by atoms with Gasteiger partial charge in [-0.3, -0.25) is 0 Å². The topological polar surface area (TPSA) is 55.4 Å². The molecule has 0 N–H and O–H groups in total. The van der Waals surface area contributed by atoms with Crippen molar-refractivity contribution in [1.82, 2.24) is 0 Å². The zero-order chi connectivity index (χ0) is 22.3. The Hall–Kier alpha value is 0.620. The third-order valence-corrected chi connectivity index (χ3v) is 15.3. The molecule has 0 amide bonds. The Morgan fingerprint density at radius 3 is 0.968 bits per heavy atom. The fourth-order valence-electron chi connectivity index (χ4n) is 8.61. The molecular formula is C23H38O6P2. The molecule has 8 rings (SSSR count). The molecule has 0 aromatic rings. The zero-order valence-corrected chi connectivity index (χ0v) is 22.1.